The summed E-state index contributed by atoms with van der Waals surface area (Å²) in [6.45, 7) is 0.590. The van der Waals surface area contributed by atoms with Crippen LogP contribution < -0.4 is 16.0 Å². The van der Waals surface area contributed by atoms with Crippen LogP contribution in [0.25, 0.3) is 10.2 Å². The van der Waals surface area contributed by atoms with Crippen LogP contribution in [0.5, 0.6) is 5.88 Å². The molecule has 0 atom stereocenters. The molecular weight excluding hydrogens is 280 g/mol. The highest BCUT2D eigenvalue weighted by Crippen LogP contribution is 2.28. The van der Waals surface area contributed by atoms with E-state index in [2.05, 4.69) is 26.8 Å². The third kappa shape index (κ3) is 2.67. The minimum Gasteiger partial charge on any atom is -0.477 e. The number of rotatable bonds is 5. The topological polar surface area (TPSA) is 73.1 Å². The lowest BCUT2D eigenvalue weighted by atomic mass is 10.3. The molecule has 0 saturated heterocycles. The Morgan fingerprint density at radius 1 is 1.21 bits per heavy atom. The highest BCUT2D eigenvalue weighted by molar-refractivity contribution is 7.16. The van der Waals surface area contributed by atoms with Gasteiger partial charge in [0, 0.05) is 11.3 Å². The SMILES string of the molecule is NNc1nc(OCCc2cccs2)c2ccsc2n1. The predicted molar refractivity (Wildman–Crippen MR) is 78.7 cm³/mol. The number of nitrogen functional groups attached to an aromatic ring is 1. The van der Waals surface area contributed by atoms with E-state index in [1.807, 2.05) is 17.5 Å². The first-order chi connectivity index (χ1) is 9.36. The Morgan fingerprint density at radius 2 is 2.16 bits per heavy atom. The van der Waals surface area contributed by atoms with Crippen molar-refractivity contribution in [2.24, 2.45) is 5.84 Å². The first-order valence-corrected chi connectivity index (χ1v) is 7.50. The summed E-state index contributed by atoms with van der Waals surface area (Å²) in [4.78, 5) is 10.7. The first-order valence-electron chi connectivity index (χ1n) is 5.74. The summed E-state index contributed by atoms with van der Waals surface area (Å²) in [5, 5.41) is 4.95. The quantitative estimate of drug-likeness (QED) is 0.558. The molecule has 7 heteroatoms. The lowest BCUT2D eigenvalue weighted by Crippen LogP contribution is -2.11. The van der Waals surface area contributed by atoms with Gasteiger partial charge < -0.3 is 4.74 Å². The van der Waals surface area contributed by atoms with E-state index in [1.54, 1.807) is 11.3 Å². The van der Waals surface area contributed by atoms with Gasteiger partial charge >= 0.3 is 0 Å². The maximum Gasteiger partial charge on any atom is 0.241 e. The Hall–Kier alpha value is -1.70. The van der Waals surface area contributed by atoms with Crippen LogP contribution in [0.15, 0.2) is 29.0 Å². The van der Waals surface area contributed by atoms with Gasteiger partial charge in [0.1, 0.15) is 4.83 Å². The average molecular weight is 292 g/mol. The number of hydrazine groups is 1. The second kappa shape index (κ2) is 5.52. The van der Waals surface area contributed by atoms with Gasteiger partial charge in [-0.2, -0.15) is 4.98 Å². The van der Waals surface area contributed by atoms with E-state index in [1.165, 1.54) is 16.2 Å². The Labute approximate surface area is 118 Å². The minimum atomic E-state index is 0.376. The van der Waals surface area contributed by atoms with E-state index in [-0.39, 0.29) is 0 Å². The van der Waals surface area contributed by atoms with Crippen LogP contribution in [-0.2, 0) is 6.42 Å². The molecule has 0 radical (unpaired) electrons. The van der Waals surface area contributed by atoms with Crippen molar-refractivity contribution >= 4 is 38.8 Å². The number of hydrogen-bond donors (Lipinski definition) is 2. The van der Waals surface area contributed by atoms with Crippen LogP contribution in [-0.4, -0.2) is 16.6 Å². The second-order valence-corrected chi connectivity index (χ2v) is 5.74. The summed E-state index contributed by atoms with van der Waals surface area (Å²) in [7, 11) is 0. The van der Waals surface area contributed by atoms with Crippen LogP contribution in [0.3, 0.4) is 0 Å². The van der Waals surface area contributed by atoms with Gasteiger partial charge in [0.2, 0.25) is 11.8 Å². The number of fused-ring (bicyclic) bond motifs is 1. The molecule has 0 unspecified atom stereocenters. The molecule has 0 fully saturated rings. The van der Waals surface area contributed by atoms with E-state index >= 15 is 0 Å². The monoisotopic (exact) mass is 292 g/mol. The fourth-order valence-corrected chi connectivity index (χ4v) is 3.15. The second-order valence-electron chi connectivity index (χ2n) is 3.81. The number of aromatic nitrogens is 2. The zero-order valence-electron chi connectivity index (χ0n) is 10.00. The zero-order valence-corrected chi connectivity index (χ0v) is 11.6. The Bertz CT molecular complexity index is 665. The summed E-state index contributed by atoms with van der Waals surface area (Å²) in [6.07, 6.45) is 0.874. The van der Waals surface area contributed by atoms with Gasteiger partial charge in [-0.05, 0) is 22.9 Å². The van der Waals surface area contributed by atoms with E-state index < -0.39 is 0 Å². The fourth-order valence-electron chi connectivity index (χ4n) is 1.71. The Morgan fingerprint density at radius 3 is 2.95 bits per heavy atom. The van der Waals surface area contributed by atoms with E-state index in [0.717, 1.165) is 16.6 Å². The molecular formula is C12H12N4OS2. The molecule has 3 N–H and O–H groups in total. The number of anilines is 1. The molecule has 98 valence electrons. The highest BCUT2D eigenvalue weighted by atomic mass is 32.1. The number of ether oxygens (including phenoxy) is 1. The van der Waals surface area contributed by atoms with Crippen LogP contribution in [0.2, 0.25) is 0 Å². The smallest absolute Gasteiger partial charge is 0.241 e. The molecule has 3 rings (SSSR count). The molecule has 0 aromatic carbocycles. The van der Waals surface area contributed by atoms with E-state index in [4.69, 9.17) is 10.6 Å². The summed E-state index contributed by atoms with van der Waals surface area (Å²) >= 11 is 3.27. The lowest BCUT2D eigenvalue weighted by Gasteiger charge is -2.07. The number of hydrogen-bond acceptors (Lipinski definition) is 7. The summed E-state index contributed by atoms with van der Waals surface area (Å²) < 4.78 is 5.76. The summed E-state index contributed by atoms with van der Waals surface area (Å²) in [6, 6.07) is 6.10. The van der Waals surface area contributed by atoms with Gasteiger partial charge in [-0.15, -0.1) is 22.7 Å². The molecule has 19 heavy (non-hydrogen) atoms. The van der Waals surface area contributed by atoms with E-state index in [0.29, 0.717) is 18.4 Å². The third-order valence-electron chi connectivity index (χ3n) is 2.59. The van der Waals surface area contributed by atoms with Crippen molar-refractivity contribution in [3.05, 3.63) is 33.8 Å². The first kappa shape index (κ1) is 12.3. The van der Waals surface area contributed by atoms with Crippen molar-refractivity contribution in [2.75, 3.05) is 12.0 Å². The molecule has 0 aliphatic rings. The molecule has 0 saturated carbocycles. The maximum absolute atomic E-state index is 5.76. The van der Waals surface area contributed by atoms with Crippen molar-refractivity contribution in [2.45, 2.75) is 6.42 Å². The Kier molecular flexibility index (Phi) is 3.58. The molecule has 3 aromatic heterocycles. The highest BCUT2D eigenvalue weighted by Gasteiger charge is 2.09. The van der Waals surface area contributed by atoms with Gasteiger partial charge in [0.15, 0.2) is 0 Å². The van der Waals surface area contributed by atoms with Gasteiger partial charge in [-0.3, -0.25) is 5.43 Å². The fraction of sp³-hybridized carbons (Fsp3) is 0.167. The van der Waals surface area contributed by atoms with Crippen LogP contribution in [0.1, 0.15) is 4.88 Å². The maximum atomic E-state index is 5.76. The molecule has 0 spiro atoms. The van der Waals surface area contributed by atoms with Crippen molar-refractivity contribution < 1.29 is 4.74 Å². The van der Waals surface area contributed by atoms with Crippen LogP contribution in [0, 0.1) is 0 Å². The number of nitrogens with two attached hydrogens (primary N) is 1. The van der Waals surface area contributed by atoms with Gasteiger partial charge in [0.05, 0.1) is 12.0 Å². The normalized spacial score (nSPS) is 10.8. The van der Waals surface area contributed by atoms with Gasteiger partial charge in [-0.25, -0.2) is 10.8 Å². The molecule has 0 aliphatic heterocycles. The zero-order chi connectivity index (χ0) is 13.1. The summed E-state index contributed by atoms with van der Waals surface area (Å²) in [5.41, 5.74) is 2.46. The predicted octanol–water partition coefficient (Wildman–Crippen LogP) is 2.66. The van der Waals surface area contributed by atoms with Crippen molar-refractivity contribution in [3.8, 4) is 5.88 Å². The van der Waals surface area contributed by atoms with Gasteiger partial charge in [0.25, 0.3) is 0 Å². The number of thiophene rings is 2. The third-order valence-corrected chi connectivity index (χ3v) is 4.33. The molecule has 0 bridgehead atoms. The van der Waals surface area contributed by atoms with Crippen molar-refractivity contribution in [1.29, 1.82) is 0 Å². The van der Waals surface area contributed by atoms with Gasteiger partial charge in [-0.1, -0.05) is 6.07 Å². The molecule has 3 heterocycles. The summed E-state index contributed by atoms with van der Waals surface area (Å²) in [5.74, 6) is 6.32. The standard InChI is InChI=1S/C12H12N4OS2/c13-16-12-14-10(9-4-7-19-11(9)15-12)17-5-3-8-2-1-6-18-8/h1-2,4,6-7H,3,5,13H2,(H,14,15,16). The molecule has 0 amide bonds. The Balaban J connectivity index is 1.77. The lowest BCUT2D eigenvalue weighted by molar-refractivity contribution is 0.315. The molecule has 3 aromatic rings. The van der Waals surface area contributed by atoms with E-state index in [9.17, 15) is 0 Å². The van der Waals surface area contributed by atoms with Crippen LogP contribution in [0.4, 0.5) is 5.95 Å². The van der Waals surface area contributed by atoms with Crippen molar-refractivity contribution in [3.63, 3.8) is 0 Å². The number of nitrogens with one attached hydrogen (secondary N) is 1. The molecule has 0 aliphatic carbocycles. The average Bonchev–Trinajstić information content (AvgIpc) is 3.08. The largest absolute Gasteiger partial charge is 0.477 e. The molecule has 5 nitrogen and oxygen atoms in total. The minimum absolute atomic E-state index is 0.376. The van der Waals surface area contributed by atoms with Crippen molar-refractivity contribution in [1.82, 2.24) is 9.97 Å². The van der Waals surface area contributed by atoms with Crippen LogP contribution >= 0.6 is 22.7 Å². The number of nitrogens with zero attached hydrogens (tertiary/aromatic N) is 2.